The van der Waals surface area contributed by atoms with Crippen LogP contribution in [0.5, 0.6) is 23.0 Å². The summed E-state index contributed by atoms with van der Waals surface area (Å²) in [5.74, 6) is 5.76. The molecule has 0 fully saturated rings. The maximum Gasteiger partial charge on any atom is 0.311 e. The Morgan fingerprint density at radius 2 is 0.902 bits per heavy atom. The average Bonchev–Trinajstić information content (AvgIpc) is 0.771. The van der Waals surface area contributed by atoms with Crippen LogP contribution in [0.2, 0.25) is 0 Å². The number of unbranched alkanes of at least 4 members (excludes halogenated alkanes) is 4. The number of hydrogen-bond donors (Lipinski definition) is 3. The van der Waals surface area contributed by atoms with Gasteiger partial charge in [-0.15, -0.1) is 0 Å². The summed E-state index contributed by atoms with van der Waals surface area (Å²) in [5.41, 5.74) is 29.0. The molecule has 2 aliphatic rings. The summed E-state index contributed by atoms with van der Waals surface area (Å²) in [6.07, 6.45) is 30.8. The summed E-state index contributed by atoms with van der Waals surface area (Å²) in [5, 5.41) is 18.6. The zero-order valence-corrected chi connectivity index (χ0v) is 60.7. The van der Waals surface area contributed by atoms with Crippen LogP contribution in [-0.2, 0) is 32.0 Å². The summed E-state index contributed by atoms with van der Waals surface area (Å²) in [6, 6.07) is 0. The lowest BCUT2D eigenvalue weighted by Crippen LogP contribution is -2.37. The van der Waals surface area contributed by atoms with E-state index in [0.29, 0.717) is 37.1 Å². The molecule has 17 heteroatoms. The molecule has 0 bridgehead atoms. The van der Waals surface area contributed by atoms with Gasteiger partial charge in [-0.05, 0) is 219 Å². The third-order valence-electron chi connectivity index (χ3n) is 19.3. The van der Waals surface area contributed by atoms with Gasteiger partial charge in [-0.1, -0.05) is 162 Å². The Balaban J connectivity index is 0.000000561. The first kappa shape index (κ1) is 82.6. The summed E-state index contributed by atoms with van der Waals surface area (Å²) in [7, 11) is 0. The number of carbonyl (C=O) groups is 4. The molecule has 0 spiro atoms. The van der Waals surface area contributed by atoms with E-state index in [2.05, 4.69) is 102 Å². The number of esters is 2. The summed E-state index contributed by atoms with van der Waals surface area (Å²) >= 11 is 0. The van der Waals surface area contributed by atoms with Gasteiger partial charge in [-0.25, -0.2) is 0 Å². The fraction of sp³-hybridized carbons (Fsp3) is 0.787. The van der Waals surface area contributed by atoms with Crippen LogP contribution in [0.25, 0.3) is 20.9 Å². The van der Waals surface area contributed by atoms with Crippen LogP contribution in [0.4, 0.5) is 0 Å². The molecule has 1 amide bonds. The van der Waals surface area contributed by atoms with Gasteiger partial charge in [0, 0.05) is 47.0 Å². The number of carboxylic acid groups (broad SMARTS) is 1. The topological polar surface area (TPSA) is 261 Å². The maximum absolute atomic E-state index is 12.7. The van der Waals surface area contributed by atoms with Crippen molar-refractivity contribution < 1.29 is 43.2 Å². The van der Waals surface area contributed by atoms with Gasteiger partial charge in [0.05, 0.1) is 19.3 Å². The first-order valence-electron chi connectivity index (χ1n) is 35.9. The molecule has 0 saturated carbocycles. The van der Waals surface area contributed by atoms with Crippen LogP contribution in [0.3, 0.4) is 0 Å². The fourth-order valence-corrected chi connectivity index (χ4v) is 12.7. The fourth-order valence-electron chi connectivity index (χ4n) is 12.7. The first-order valence-corrected chi connectivity index (χ1v) is 35.9. The number of carbonyl (C=O) groups excluding carboxylic acids is 3. The van der Waals surface area contributed by atoms with E-state index in [-0.39, 0.29) is 42.8 Å². The second-order valence-electron chi connectivity index (χ2n) is 29.0. The number of fused-ring (bicyclic) bond motifs is 2. The van der Waals surface area contributed by atoms with E-state index in [1.54, 1.807) is 0 Å². The van der Waals surface area contributed by atoms with Crippen molar-refractivity contribution in [3.8, 4) is 23.0 Å². The number of azide groups is 2. The van der Waals surface area contributed by atoms with Gasteiger partial charge >= 0.3 is 17.9 Å². The lowest BCUT2D eigenvalue weighted by atomic mass is 9.83. The number of nitrogens with one attached hydrogen (secondary N) is 1. The smallest absolute Gasteiger partial charge is 0.311 e. The molecule has 0 unspecified atom stereocenters. The Morgan fingerprint density at radius 1 is 0.511 bits per heavy atom. The van der Waals surface area contributed by atoms with Gasteiger partial charge < -0.3 is 35.1 Å². The van der Waals surface area contributed by atoms with Crippen molar-refractivity contribution in [1.29, 1.82) is 0 Å². The third-order valence-corrected chi connectivity index (χ3v) is 19.3. The third kappa shape index (κ3) is 32.6. The normalized spacial score (nSPS) is 16.9. The van der Waals surface area contributed by atoms with E-state index in [1.807, 2.05) is 34.6 Å². The number of benzene rings is 2. The highest BCUT2D eigenvalue weighted by Crippen LogP contribution is 2.47. The first-order chi connectivity index (χ1) is 43.6. The van der Waals surface area contributed by atoms with E-state index in [0.717, 1.165) is 169 Å². The number of hydrogen-bond acceptors (Lipinski definition) is 11. The lowest BCUT2D eigenvalue weighted by molar-refractivity contribution is -0.142. The van der Waals surface area contributed by atoms with Crippen LogP contribution in [0.15, 0.2) is 10.2 Å². The number of amides is 1. The molecule has 0 aromatic heterocycles. The summed E-state index contributed by atoms with van der Waals surface area (Å²) in [4.78, 5) is 53.3. The Hall–Kier alpha value is -5.50. The minimum Gasteiger partial charge on any atom is -0.487 e. The molecular formula is C75H128N8O9. The molecule has 0 radical (unpaired) electrons. The van der Waals surface area contributed by atoms with Gasteiger partial charge in [0.25, 0.3) is 0 Å². The van der Waals surface area contributed by atoms with E-state index < -0.39 is 17.9 Å². The summed E-state index contributed by atoms with van der Waals surface area (Å²) < 4.78 is 24.9. The number of carboxylic acids is 1. The number of ether oxygens (including phenoxy) is 4. The predicted molar refractivity (Wildman–Crippen MR) is 376 cm³/mol. The molecule has 0 aliphatic carbocycles. The molecule has 522 valence electrons. The van der Waals surface area contributed by atoms with E-state index >= 15 is 0 Å². The highest BCUT2D eigenvalue weighted by molar-refractivity contribution is 5.82. The minimum absolute atomic E-state index is 0.0298. The van der Waals surface area contributed by atoms with Crippen LogP contribution < -0.4 is 30.0 Å². The van der Waals surface area contributed by atoms with Gasteiger partial charge in [0.15, 0.2) is 0 Å². The van der Waals surface area contributed by atoms with Gasteiger partial charge in [-0.2, -0.15) is 0 Å². The van der Waals surface area contributed by atoms with Crippen molar-refractivity contribution in [2.45, 2.75) is 321 Å². The van der Waals surface area contributed by atoms with E-state index in [9.17, 15) is 19.2 Å². The Kier molecular flexibility index (Phi) is 40.4. The molecule has 6 atom stereocenters. The molecule has 2 aromatic rings. The molecule has 4 N–H and O–H groups in total. The Bertz CT molecular complexity index is 2650. The Morgan fingerprint density at radius 3 is 1.32 bits per heavy atom. The minimum atomic E-state index is -0.999. The molecule has 2 aliphatic heterocycles. The number of rotatable bonds is 42. The van der Waals surface area contributed by atoms with Crippen LogP contribution in [-0.4, -0.2) is 66.3 Å². The van der Waals surface area contributed by atoms with Crippen molar-refractivity contribution in [2.24, 2.45) is 51.5 Å². The molecule has 92 heavy (non-hydrogen) atoms. The van der Waals surface area contributed by atoms with E-state index in [1.165, 1.54) is 96.3 Å². The number of nitrogens with zero attached hydrogens (tertiary/aromatic N) is 6. The van der Waals surface area contributed by atoms with Gasteiger partial charge in [-0.3, -0.25) is 19.2 Å². The van der Waals surface area contributed by atoms with Gasteiger partial charge in [0.2, 0.25) is 5.91 Å². The molecule has 0 saturated heterocycles. The predicted octanol–water partition coefficient (Wildman–Crippen LogP) is 20.4. The second kappa shape index (κ2) is 45.0. The number of aliphatic carboxylic acids is 1. The van der Waals surface area contributed by atoms with Crippen LogP contribution in [0.1, 0.15) is 300 Å². The van der Waals surface area contributed by atoms with Crippen molar-refractivity contribution >= 4 is 23.8 Å². The molecular weight excluding hydrogens is 1160 g/mol. The second-order valence-corrected chi connectivity index (χ2v) is 29.0. The summed E-state index contributed by atoms with van der Waals surface area (Å²) in [6.45, 7) is 37.8. The molecule has 17 nitrogen and oxygen atoms in total. The van der Waals surface area contributed by atoms with Gasteiger partial charge in [0.1, 0.15) is 34.2 Å². The van der Waals surface area contributed by atoms with Crippen LogP contribution in [0, 0.1) is 77.0 Å². The molecule has 2 aromatic carbocycles. The highest BCUT2D eigenvalue weighted by Gasteiger charge is 2.37. The van der Waals surface area contributed by atoms with Crippen molar-refractivity contribution in [3.05, 3.63) is 65.4 Å². The zero-order valence-electron chi connectivity index (χ0n) is 60.7. The standard InChI is InChI=1S/C38H64N4O4.C32H52O5.C5H12N4/c1-27(2)15-12-16-28(3)17-13-18-29(4)19-14-23-38(8)24-22-33-32(7)36(30(5)31(6)37(33)46-38)45-35(44)21-20-34(43)40-25-10-9-11-26-41-42-39;1-21(2)11-9-12-22(3)13-10-14-23(4)17-19-32(8)20-18-27-26(7)30(24(5)25(6)31(27)37-32)36-29(35)16-15-28(33)34;6-4-2-1-3-5-8-9-7/h27-29H,9-26H2,1-8H3,(H,40,43);21-23H,9-20H2,1-8H3,(H,33,34);1-6H2/t28-,29-,38-;22-,23-,32-;/m11./s1. The van der Waals surface area contributed by atoms with E-state index in [4.69, 9.17) is 40.8 Å². The average molecular weight is 1290 g/mol. The SMILES string of the molecule is Cc1c(C)c2c(c(C)c1OC(=O)CCC(=O)NCCCCCN=[N+]=[N-])CC[C@@](C)(CCC[C@H](C)CCC[C@H](C)CCCC(C)C)O2.Cc1c(C)c2c(c(C)c1OC(=O)CCC(=O)O)CC[C@@](C)(CC[C@H](C)CCC[C@H](C)CCCC(C)C)O2.[N-]=[N+]=NCCCCCN. The number of nitrogens with two attached hydrogens (primary N) is 1. The zero-order chi connectivity index (χ0) is 68.8. The van der Waals surface area contributed by atoms with Crippen LogP contribution >= 0.6 is 0 Å². The highest BCUT2D eigenvalue weighted by atomic mass is 16.5. The Labute approximate surface area is 557 Å². The maximum atomic E-state index is 12.7. The monoisotopic (exact) mass is 1280 g/mol. The largest absolute Gasteiger partial charge is 0.487 e. The molecule has 2 heterocycles. The van der Waals surface area contributed by atoms with Crippen molar-refractivity contribution in [3.63, 3.8) is 0 Å². The quantitative estimate of drug-likeness (QED) is 0.0141. The van der Waals surface area contributed by atoms with Crippen molar-refractivity contribution in [1.82, 2.24) is 5.32 Å². The van der Waals surface area contributed by atoms with Crippen molar-refractivity contribution in [2.75, 3.05) is 26.2 Å². The molecule has 4 rings (SSSR count). The lowest BCUT2D eigenvalue weighted by Gasteiger charge is -2.39.